The average molecular weight is 313 g/mol. The number of hydrogen-bond donors (Lipinski definition) is 3. The molecule has 122 valence electrons. The zero-order valence-electron chi connectivity index (χ0n) is 13.5. The van der Waals surface area contributed by atoms with E-state index in [-0.39, 0.29) is 5.91 Å². The first kappa shape index (κ1) is 16.6. The van der Waals surface area contributed by atoms with Crippen molar-refractivity contribution in [1.29, 1.82) is 0 Å². The van der Waals surface area contributed by atoms with Gasteiger partial charge in [-0.2, -0.15) is 0 Å². The van der Waals surface area contributed by atoms with Crippen LogP contribution in [0.25, 0.3) is 0 Å². The van der Waals surface area contributed by atoms with Crippen molar-refractivity contribution in [3.8, 4) is 0 Å². The molecule has 3 N–H and O–H groups in total. The molecular formula is C17H23N5O. The summed E-state index contributed by atoms with van der Waals surface area (Å²) >= 11 is 0. The van der Waals surface area contributed by atoms with Gasteiger partial charge in [-0.3, -0.25) is 9.79 Å². The summed E-state index contributed by atoms with van der Waals surface area (Å²) in [5, 5.41) is 9.32. The van der Waals surface area contributed by atoms with Gasteiger partial charge in [0.1, 0.15) is 0 Å². The van der Waals surface area contributed by atoms with Crippen LogP contribution >= 0.6 is 0 Å². The first-order valence-electron chi connectivity index (χ1n) is 7.59. The fraction of sp³-hybridized carbons (Fsp3) is 0.294. The number of hydrogen-bond acceptors (Lipinski definition) is 2. The number of guanidine groups is 1. The molecule has 0 radical (unpaired) electrons. The van der Waals surface area contributed by atoms with E-state index in [1.54, 1.807) is 7.05 Å². The molecule has 0 aliphatic carbocycles. The smallest absolute Gasteiger partial charge is 0.221 e. The molecule has 2 rings (SSSR count). The number of benzene rings is 1. The standard InChI is InChI=1S/C17H23N5O/c1-14(23)21-16-7-5-6-15(12-16)13-20-17(18-2)19-8-11-22-9-3-4-10-22/h3-7,9-10,12H,8,11,13H2,1-2H3,(H,21,23)(H2,18,19,20). The van der Waals surface area contributed by atoms with Crippen molar-refractivity contribution in [1.82, 2.24) is 15.2 Å². The predicted octanol–water partition coefficient (Wildman–Crippen LogP) is 1.81. The van der Waals surface area contributed by atoms with Gasteiger partial charge in [-0.25, -0.2) is 0 Å². The highest BCUT2D eigenvalue weighted by atomic mass is 16.1. The van der Waals surface area contributed by atoms with Crippen molar-refractivity contribution < 1.29 is 4.79 Å². The van der Waals surface area contributed by atoms with Gasteiger partial charge in [0, 0.05) is 51.7 Å². The first-order chi connectivity index (χ1) is 11.2. The number of rotatable bonds is 6. The highest BCUT2D eigenvalue weighted by Gasteiger charge is 2.00. The van der Waals surface area contributed by atoms with E-state index in [1.807, 2.05) is 48.8 Å². The lowest BCUT2D eigenvalue weighted by atomic mass is 10.2. The molecule has 2 aromatic rings. The third-order valence-corrected chi connectivity index (χ3v) is 3.26. The topological polar surface area (TPSA) is 70.5 Å². The second-order valence-electron chi connectivity index (χ2n) is 5.15. The van der Waals surface area contributed by atoms with Crippen LogP contribution in [-0.4, -0.2) is 30.0 Å². The van der Waals surface area contributed by atoms with Gasteiger partial charge in [-0.1, -0.05) is 12.1 Å². The van der Waals surface area contributed by atoms with E-state index in [9.17, 15) is 4.79 Å². The highest BCUT2D eigenvalue weighted by molar-refractivity contribution is 5.88. The van der Waals surface area contributed by atoms with Crippen LogP contribution in [0, 0.1) is 0 Å². The molecule has 0 spiro atoms. The van der Waals surface area contributed by atoms with E-state index >= 15 is 0 Å². The first-order valence-corrected chi connectivity index (χ1v) is 7.59. The lowest BCUT2D eigenvalue weighted by Gasteiger charge is -2.13. The zero-order valence-corrected chi connectivity index (χ0v) is 13.5. The maximum atomic E-state index is 11.1. The number of anilines is 1. The Hall–Kier alpha value is -2.76. The number of carbonyl (C=O) groups is 1. The minimum Gasteiger partial charge on any atom is -0.355 e. The fourth-order valence-electron chi connectivity index (χ4n) is 2.19. The Kier molecular flexibility index (Phi) is 6.23. The van der Waals surface area contributed by atoms with Gasteiger partial charge in [0.15, 0.2) is 5.96 Å². The number of amides is 1. The van der Waals surface area contributed by atoms with Crippen LogP contribution in [0.1, 0.15) is 12.5 Å². The van der Waals surface area contributed by atoms with Crippen LogP contribution in [0.15, 0.2) is 53.8 Å². The lowest BCUT2D eigenvalue weighted by Crippen LogP contribution is -2.38. The molecule has 1 heterocycles. The number of carbonyl (C=O) groups excluding carboxylic acids is 1. The number of aromatic nitrogens is 1. The molecule has 0 aliphatic heterocycles. The van der Waals surface area contributed by atoms with Crippen molar-refractivity contribution in [2.75, 3.05) is 18.9 Å². The molecule has 1 aromatic carbocycles. The van der Waals surface area contributed by atoms with Gasteiger partial charge in [-0.05, 0) is 29.8 Å². The number of nitrogens with one attached hydrogen (secondary N) is 3. The Morgan fingerprint density at radius 3 is 2.65 bits per heavy atom. The molecule has 0 aliphatic rings. The molecule has 0 fully saturated rings. The Bertz CT molecular complexity index is 649. The Morgan fingerprint density at radius 2 is 1.96 bits per heavy atom. The van der Waals surface area contributed by atoms with Crippen molar-refractivity contribution >= 4 is 17.6 Å². The molecule has 0 bridgehead atoms. The third-order valence-electron chi connectivity index (χ3n) is 3.26. The monoisotopic (exact) mass is 313 g/mol. The minimum atomic E-state index is -0.0717. The molecule has 0 unspecified atom stereocenters. The third kappa shape index (κ3) is 5.86. The van der Waals surface area contributed by atoms with Crippen molar-refractivity contribution in [3.05, 3.63) is 54.4 Å². The summed E-state index contributed by atoms with van der Waals surface area (Å²) in [4.78, 5) is 15.3. The maximum Gasteiger partial charge on any atom is 0.221 e. The molecule has 0 atom stereocenters. The molecule has 0 saturated carbocycles. The summed E-state index contributed by atoms with van der Waals surface area (Å²) in [7, 11) is 1.75. The zero-order chi connectivity index (χ0) is 16.5. The van der Waals surface area contributed by atoms with E-state index in [4.69, 9.17) is 0 Å². The summed E-state index contributed by atoms with van der Waals surface area (Å²) < 4.78 is 2.11. The molecule has 6 heteroatoms. The summed E-state index contributed by atoms with van der Waals surface area (Å²) in [6, 6.07) is 11.8. The summed E-state index contributed by atoms with van der Waals surface area (Å²) in [5.41, 5.74) is 1.87. The van der Waals surface area contributed by atoms with Crippen molar-refractivity contribution in [2.24, 2.45) is 4.99 Å². The maximum absolute atomic E-state index is 11.1. The molecule has 1 aromatic heterocycles. The molecule has 6 nitrogen and oxygen atoms in total. The van der Waals surface area contributed by atoms with Crippen LogP contribution in [0.5, 0.6) is 0 Å². The lowest BCUT2D eigenvalue weighted by molar-refractivity contribution is -0.114. The summed E-state index contributed by atoms with van der Waals surface area (Å²) in [5.74, 6) is 0.680. The van der Waals surface area contributed by atoms with E-state index in [2.05, 4.69) is 25.5 Å². The molecule has 1 amide bonds. The van der Waals surface area contributed by atoms with E-state index < -0.39 is 0 Å². The van der Waals surface area contributed by atoms with Crippen LogP contribution in [0.3, 0.4) is 0 Å². The predicted molar refractivity (Wildman–Crippen MR) is 93.4 cm³/mol. The Morgan fingerprint density at radius 1 is 1.17 bits per heavy atom. The quantitative estimate of drug-likeness (QED) is 0.563. The summed E-state index contributed by atoms with van der Waals surface area (Å²) in [6.45, 7) is 3.81. The highest BCUT2D eigenvalue weighted by Crippen LogP contribution is 2.10. The van der Waals surface area contributed by atoms with Crippen LogP contribution in [0.4, 0.5) is 5.69 Å². The largest absolute Gasteiger partial charge is 0.355 e. The van der Waals surface area contributed by atoms with Crippen LogP contribution in [-0.2, 0) is 17.9 Å². The van der Waals surface area contributed by atoms with E-state index in [0.717, 1.165) is 30.3 Å². The Balaban J connectivity index is 1.79. The second kappa shape index (κ2) is 8.63. The molecule has 23 heavy (non-hydrogen) atoms. The normalized spacial score (nSPS) is 11.1. The fourth-order valence-corrected chi connectivity index (χ4v) is 2.19. The number of aliphatic imine (C=N–C) groups is 1. The van der Waals surface area contributed by atoms with Crippen molar-refractivity contribution in [2.45, 2.75) is 20.0 Å². The van der Waals surface area contributed by atoms with Gasteiger partial charge in [0.05, 0.1) is 0 Å². The second-order valence-corrected chi connectivity index (χ2v) is 5.15. The molecular weight excluding hydrogens is 290 g/mol. The van der Waals surface area contributed by atoms with E-state index in [1.165, 1.54) is 6.92 Å². The van der Waals surface area contributed by atoms with Crippen molar-refractivity contribution in [3.63, 3.8) is 0 Å². The number of nitrogens with zero attached hydrogens (tertiary/aromatic N) is 2. The van der Waals surface area contributed by atoms with Gasteiger partial charge in [0.25, 0.3) is 0 Å². The van der Waals surface area contributed by atoms with Crippen LogP contribution in [0.2, 0.25) is 0 Å². The van der Waals surface area contributed by atoms with Gasteiger partial charge in [0.2, 0.25) is 5.91 Å². The Labute approximate surface area is 136 Å². The van der Waals surface area contributed by atoms with Crippen LogP contribution < -0.4 is 16.0 Å². The SMILES string of the molecule is CN=C(NCCn1cccc1)NCc1cccc(NC(C)=O)c1. The van der Waals surface area contributed by atoms with E-state index in [0.29, 0.717) is 6.54 Å². The van der Waals surface area contributed by atoms with Gasteiger partial charge in [-0.15, -0.1) is 0 Å². The molecule has 0 saturated heterocycles. The van der Waals surface area contributed by atoms with Gasteiger partial charge >= 0.3 is 0 Å². The summed E-state index contributed by atoms with van der Waals surface area (Å²) in [6.07, 6.45) is 4.07. The average Bonchev–Trinajstić information content (AvgIpc) is 3.03. The van der Waals surface area contributed by atoms with Gasteiger partial charge < -0.3 is 20.5 Å². The minimum absolute atomic E-state index is 0.0717.